The summed E-state index contributed by atoms with van der Waals surface area (Å²) < 4.78 is 1.77. The van der Waals surface area contributed by atoms with Gasteiger partial charge in [-0.2, -0.15) is 0 Å². The van der Waals surface area contributed by atoms with Crippen molar-refractivity contribution in [1.82, 2.24) is 9.47 Å². The van der Waals surface area contributed by atoms with Crippen LogP contribution in [0.4, 0.5) is 16.2 Å². The van der Waals surface area contributed by atoms with E-state index < -0.39 is 6.03 Å². The van der Waals surface area contributed by atoms with Crippen LogP contribution in [-0.2, 0) is 6.54 Å². The van der Waals surface area contributed by atoms with E-state index >= 15 is 0 Å². The number of urea groups is 1. The van der Waals surface area contributed by atoms with E-state index in [1.54, 1.807) is 22.8 Å². The Labute approximate surface area is 208 Å². The maximum absolute atomic E-state index is 13.4. The second-order valence-electron chi connectivity index (χ2n) is 9.60. The molecule has 36 heavy (non-hydrogen) atoms. The number of piperidine rings is 1. The molecule has 180 valence electrons. The van der Waals surface area contributed by atoms with Crippen molar-refractivity contribution in [2.45, 2.75) is 18.9 Å². The summed E-state index contributed by atoms with van der Waals surface area (Å²) in [6.07, 6.45) is 0.947. The molecule has 3 aromatic carbocycles. The Morgan fingerprint density at radius 3 is 2.39 bits per heavy atom. The summed E-state index contributed by atoms with van der Waals surface area (Å²) in [6, 6.07) is 26.1. The zero-order valence-corrected chi connectivity index (χ0v) is 19.7. The molecule has 3 heterocycles. The van der Waals surface area contributed by atoms with Gasteiger partial charge in [0, 0.05) is 42.5 Å². The lowest BCUT2D eigenvalue weighted by Crippen LogP contribution is -2.49. The fourth-order valence-electron chi connectivity index (χ4n) is 5.52. The van der Waals surface area contributed by atoms with Gasteiger partial charge < -0.3 is 20.1 Å². The molecule has 7 nitrogen and oxygen atoms in total. The molecule has 1 aromatic heterocycles. The Bertz CT molecular complexity index is 1530. The van der Waals surface area contributed by atoms with Gasteiger partial charge in [-0.05, 0) is 59.5 Å². The molecule has 2 bridgehead atoms. The van der Waals surface area contributed by atoms with Crippen molar-refractivity contribution < 1.29 is 9.59 Å². The van der Waals surface area contributed by atoms with Crippen LogP contribution in [0.2, 0.25) is 0 Å². The number of fused-ring (bicyclic) bond motifs is 5. The summed E-state index contributed by atoms with van der Waals surface area (Å²) >= 11 is 0. The maximum atomic E-state index is 13.4. The number of carbonyl (C=O) groups excluding carboxylic acids is 2. The Morgan fingerprint density at radius 2 is 1.56 bits per heavy atom. The minimum Gasteiger partial charge on any atom is -0.338 e. The molecule has 1 fully saturated rings. The van der Waals surface area contributed by atoms with E-state index in [2.05, 4.69) is 10.6 Å². The smallest absolute Gasteiger partial charge is 0.323 e. The quantitative estimate of drug-likeness (QED) is 0.439. The van der Waals surface area contributed by atoms with Gasteiger partial charge in [0.25, 0.3) is 11.5 Å². The number of hydrogen-bond donors (Lipinski definition) is 2. The highest BCUT2D eigenvalue weighted by molar-refractivity contribution is 6.00. The lowest BCUT2D eigenvalue weighted by Gasteiger charge is -2.43. The molecule has 4 aromatic rings. The number of carbonyl (C=O) groups is 2. The molecule has 2 aliphatic heterocycles. The van der Waals surface area contributed by atoms with E-state index in [-0.39, 0.29) is 29.0 Å². The minimum atomic E-state index is -0.456. The van der Waals surface area contributed by atoms with Crippen molar-refractivity contribution >= 4 is 34.1 Å². The van der Waals surface area contributed by atoms with Crippen LogP contribution in [-0.4, -0.2) is 34.5 Å². The lowest BCUT2D eigenvalue weighted by molar-refractivity contribution is 0.0595. The molecule has 7 heteroatoms. The van der Waals surface area contributed by atoms with E-state index in [1.807, 2.05) is 71.6 Å². The first-order valence-electron chi connectivity index (χ1n) is 12.2. The van der Waals surface area contributed by atoms with Crippen LogP contribution in [0, 0.1) is 5.92 Å². The molecule has 1 saturated heterocycles. The molecule has 0 unspecified atom stereocenters. The van der Waals surface area contributed by atoms with E-state index in [4.69, 9.17) is 0 Å². The van der Waals surface area contributed by atoms with Gasteiger partial charge in [-0.3, -0.25) is 9.59 Å². The monoisotopic (exact) mass is 478 g/mol. The minimum absolute atomic E-state index is 0.0297. The Morgan fingerprint density at radius 1 is 0.778 bits per heavy atom. The lowest BCUT2D eigenvalue weighted by atomic mass is 9.83. The van der Waals surface area contributed by atoms with Gasteiger partial charge in [0.2, 0.25) is 0 Å². The van der Waals surface area contributed by atoms with E-state index in [1.165, 1.54) is 0 Å². The van der Waals surface area contributed by atoms with Crippen molar-refractivity contribution in [1.29, 1.82) is 0 Å². The Balaban J connectivity index is 1.20. The van der Waals surface area contributed by atoms with Crippen LogP contribution in [0.25, 0.3) is 10.8 Å². The van der Waals surface area contributed by atoms with Crippen LogP contribution in [0.15, 0.2) is 89.7 Å². The third-order valence-corrected chi connectivity index (χ3v) is 7.17. The standard InChI is InChI=1S/C29H26N4O3/c34-27(22-11-10-20-6-4-5-7-21(20)15-22)32-16-19-14-23(18-32)26-13-12-25(28(35)33(26)17-19)31-29(36)30-24-8-2-1-3-9-24/h1-13,15,19,23H,14,16-18H2,(H2,30,31,36)/t19-,23+/m0/s1. The summed E-state index contributed by atoms with van der Waals surface area (Å²) in [6.45, 7) is 1.71. The molecule has 2 N–H and O–H groups in total. The number of aromatic nitrogens is 1. The number of nitrogens with one attached hydrogen (secondary N) is 2. The van der Waals surface area contributed by atoms with Crippen molar-refractivity contribution in [3.05, 3.63) is 107 Å². The summed E-state index contributed by atoms with van der Waals surface area (Å²) in [5, 5.41) is 7.59. The normalized spacial score (nSPS) is 18.4. The van der Waals surface area contributed by atoms with Crippen LogP contribution >= 0.6 is 0 Å². The molecular weight excluding hydrogens is 452 g/mol. The zero-order valence-electron chi connectivity index (χ0n) is 19.7. The van der Waals surface area contributed by atoms with Gasteiger partial charge in [-0.25, -0.2) is 4.79 Å². The van der Waals surface area contributed by atoms with Gasteiger partial charge in [-0.15, -0.1) is 0 Å². The number of likely N-dealkylation sites (tertiary alicyclic amines) is 1. The van der Waals surface area contributed by atoms with Crippen molar-refractivity contribution in [3.8, 4) is 0 Å². The Hall–Kier alpha value is -4.39. The van der Waals surface area contributed by atoms with Gasteiger partial charge >= 0.3 is 6.03 Å². The van der Waals surface area contributed by atoms with Crippen molar-refractivity contribution in [3.63, 3.8) is 0 Å². The summed E-state index contributed by atoms with van der Waals surface area (Å²) in [4.78, 5) is 41.0. The largest absolute Gasteiger partial charge is 0.338 e. The fourth-order valence-corrected chi connectivity index (χ4v) is 5.52. The van der Waals surface area contributed by atoms with Gasteiger partial charge in [0.15, 0.2) is 0 Å². The third kappa shape index (κ3) is 4.13. The van der Waals surface area contributed by atoms with Crippen LogP contribution in [0.3, 0.4) is 0 Å². The number of nitrogens with zero attached hydrogens (tertiary/aromatic N) is 2. The number of benzene rings is 3. The third-order valence-electron chi connectivity index (χ3n) is 7.17. The number of amides is 3. The first-order valence-corrected chi connectivity index (χ1v) is 12.2. The second kappa shape index (κ2) is 9.00. The first-order chi connectivity index (χ1) is 17.5. The molecule has 0 aliphatic carbocycles. The van der Waals surface area contributed by atoms with E-state index in [0.717, 1.165) is 22.9 Å². The fraction of sp³-hybridized carbons (Fsp3) is 0.207. The zero-order chi connectivity index (χ0) is 24.6. The highest BCUT2D eigenvalue weighted by Gasteiger charge is 2.37. The van der Waals surface area contributed by atoms with Crippen molar-refractivity contribution in [2.75, 3.05) is 23.7 Å². The van der Waals surface area contributed by atoms with E-state index in [0.29, 0.717) is 30.9 Å². The number of pyridine rings is 1. The molecule has 0 radical (unpaired) electrons. The Kier molecular flexibility index (Phi) is 5.52. The first kappa shape index (κ1) is 22.1. The number of anilines is 2. The second-order valence-corrected chi connectivity index (χ2v) is 9.60. The molecule has 3 amide bonds. The van der Waals surface area contributed by atoms with Crippen LogP contribution in [0.1, 0.15) is 28.4 Å². The number of hydrogen-bond acceptors (Lipinski definition) is 3. The predicted octanol–water partition coefficient (Wildman–Crippen LogP) is 4.91. The number of rotatable bonds is 3. The highest BCUT2D eigenvalue weighted by Crippen LogP contribution is 2.36. The molecule has 6 rings (SSSR count). The summed E-state index contributed by atoms with van der Waals surface area (Å²) in [7, 11) is 0. The molecule has 2 atom stereocenters. The highest BCUT2D eigenvalue weighted by atomic mass is 16.2. The summed E-state index contributed by atoms with van der Waals surface area (Å²) in [5.74, 6) is 0.302. The molecule has 2 aliphatic rings. The molecule has 0 saturated carbocycles. The molecule has 0 spiro atoms. The van der Waals surface area contributed by atoms with Crippen molar-refractivity contribution in [2.24, 2.45) is 5.92 Å². The molecular formula is C29H26N4O3. The summed E-state index contributed by atoms with van der Waals surface area (Å²) in [5.41, 5.74) is 2.30. The van der Waals surface area contributed by atoms with Gasteiger partial charge in [0.05, 0.1) is 0 Å². The predicted molar refractivity (Wildman–Crippen MR) is 140 cm³/mol. The van der Waals surface area contributed by atoms with Gasteiger partial charge in [0.1, 0.15) is 5.69 Å². The van der Waals surface area contributed by atoms with Gasteiger partial charge in [-0.1, -0.05) is 48.5 Å². The average molecular weight is 479 g/mol. The topological polar surface area (TPSA) is 83.4 Å². The van der Waals surface area contributed by atoms with E-state index in [9.17, 15) is 14.4 Å². The number of para-hydroxylation sites is 1. The SMILES string of the molecule is O=C(Nc1ccccc1)Nc1ccc2n(c1=O)C[C@H]1C[C@@H]2CN(C(=O)c2ccc3ccccc3c2)C1. The van der Waals surface area contributed by atoms with Crippen LogP contribution in [0.5, 0.6) is 0 Å². The van der Waals surface area contributed by atoms with Crippen LogP contribution < -0.4 is 16.2 Å². The average Bonchev–Trinajstić information content (AvgIpc) is 2.90. The maximum Gasteiger partial charge on any atom is 0.323 e.